The van der Waals surface area contributed by atoms with E-state index in [0.717, 1.165) is 5.69 Å². The number of carbonyl (C=O) groups is 2. The van der Waals surface area contributed by atoms with Gasteiger partial charge in [0.05, 0.1) is 0 Å². The molecule has 2 aliphatic heterocycles. The lowest BCUT2D eigenvalue weighted by Gasteiger charge is -2.22. The number of likely N-dealkylation sites (N-methyl/N-ethyl adjacent to an activating group) is 1. The van der Waals surface area contributed by atoms with Crippen LogP contribution in [0.15, 0.2) is 18.2 Å². The number of halogens is 1. The summed E-state index contributed by atoms with van der Waals surface area (Å²) >= 11 is 0. The molecular weight excluding hydrogens is 346 g/mol. The molecule has 0 saturated carbocycles. The van der Waals surface area contributed by atoms with Crippen molar-refractivity contribution in [1.29, 1.82) is 0 Å². The molecule has 8 heteroatoms. The Morgan fingerprint density at radius 3 is 2.76 bits per heavy atom. The first-order chi connectivity index (χ1) is 11.6. The highest BCUT2D eigenvalue weighted by atomic mass is 35.5. The maximum atomic E-state index is 12.6. The zero-order chi connectivity index (χ0) is 17.1. The largest absolute Gasteiger partial charge is 0.486 e. The number of carbonyl (C=O) groups excluding carboxylic acids is 2. The van der Waals surface area contributed by atoms with Crippen molar-refractivity contribution in [3.63, 3.8) is 0 Å². The molecule has 1 fully saturated rings. The van der Waals surface area contributed by atoms with Crippen LogP contribution >= 0.6 is 12.4 Å². The Morgan fingerprint density at radius 1 is 1.32 bits per heavy atom. The first-order valence-electron chi connectivity index (χ1n) is 8.26. The van der Waals surface area contributed by atoms with E-state index in [1.165, 1.54) is 0 Å². The van der Waals surface area contributed by atoms with Crippen LogP contribution in [0.3, 0.4) is 0 Å². The Bertz CT molecular complexity index is 640. The van der Waals surface area contributed by atoms with Crippen LogP contribution in [0, 0.1) is 5.92 Å². The normalized spacial score (nSPS) is 20.0. The summed E-state index contributed by atoms with van der Waals surface area (Å²) in [6.07, 6.45) is 0.521. The number of anilines is 1. The third-order valence-corrected chi connectivity index (χ3v) is 4.43. The predicted octanol–water partition coefficient (Wildman–Crippen LogP) is 0.957. The second-order valence-corrected chi connectivity index (χ2v) is 6.09. The highest BCUT2D eigenvalue weighted by molar-refractivity contribution is 6.09. The van der Waals surface area contributed by atoms with Gasteiger partial charge < -0.3 is 25.0 Å². The van der Waals surface area contributed by atoms with Crippen LogP contribution in [-0.2, 0) is 9.59 Å². The smallest absolute Gasteiger partial charge is 0.239 e. The lowest BCUT2D eigenvalue weighted by Crippen LogP contribution is -2.42. The zero-order valence-corrected chi connectivity index (χ0v) is 15.2. The molecule has 0 aromatic heterocycles. The molecular formula is C17H24ClN3O4. The highest BCUT2D eigenvalue weighted by Crippen LogP contribution is 2.35. The van der Waals surface area contributed by atoms with Crippen molar-refractivity contribution in [2.75, 3.05) is 38.3 Å². The number of amides is 2. The molecule has 0 radical (unpaired) electrons. The van der Waals surface area contributed by atoms with Gasteiger partial charge in [0.25, 0.3) is 0 Å². The zero-order valence-electron chi connectivity index (χ0n) is 14.4. The Kier molecular flexibility index (Phi) is 6.50. The number of ether oxygens (including phenoxy) is 2. The van der Waals surface area contributed by atoms with Crippen molar-refractivity contribution in [2.24, 2.45) is 5.92 Å². The van der Waals surface area contributed by atoms with Gasteiger partial charge in [0.1, 0.15) is 19.1 Å². The minimum absolute atomic E-state index is 0. The van der Waals surface area contributed by atoms with Crippen LogP contribution in [0.2, 0.25) is 0 Å². The summed E-state index contributed by atoms with van der Waals surface area (Å²) < 4.78 is 11.1. The van der Waals surface area contributed by atoms with E-state index in [2.05, 4.69) is 10.6 Å². The second kappa shape index (κ2) is 8.40. The fraction of sp³-hybridized carbons (Fsp3) is 0.529. The van der Waals surface area contributed by atoms with Gasteiger partial charge in [0.2, 0.25) is 11.8 Å². The summed E-state index contributed by atoms with van der Waals surface area (Å²) in [5.41, 5.74) is 0.739. The van der Waals surface area contributed by atoms with Gasteiger partial charge in [0, 0.05) is 30.9 Å². The molecule has 2 atom stereocenters. The Hall–Kier alpha value is -1.99. The van der Waals surface area contributed by atoms with E-state index in [1.807, 2.05) is 20.0 Å². The summed E-state index contributed by atoms with van der Waals surface area (Å²) in [7, 11) is 1.83. The second-order valence-electron chi connectivity index (χ2n) is 6.09. The van der Waals surface area contributed by atoms with Crippen LogP contribution in [0.4, 0.5) is 5.69 Å². The summed E-state index contributed by atoms with van der Waals surface area (Å²) in [5, 5.41) is 5.88. The van der Waals surface area contributed by atoms with Gasteiger partial charge in [-0.05, 0) is 32.5 Å². The Labute approximate surface area is 153 Å². The summed E-state index contributed by atoms with van der Waals surface area (Å²) in [6, 6.07) is 5.60. The molecule has 2 aliphatic rings. The van der Waals surface area contributed by atoms with E-state index in [-0.39, 0.29) is 30.3 Å². The van der Waals surface area contributed by atoms with Crippen molar-refractivity contribution in [3.05, 3.63) is 18.2 Å². The predicted molar refractivity (Wildman–Crippen MR) is 96.7 cm³/mol. The van der Waals surface area contributed by atoms with Gasteiger partial charge in [-0.1, -0.05) is 0 Å². The first kappa shape index (κ1) is 19.3. The highest BCUT2D eigenvalue weighted by Gasteiger charge is 2.37. The van der Waals surface area contributed by atoms with E-state index in [1.54, 1.807) is 17.0 Å². The van der Waals surface area contributed by atoms with Gasteiger partial charge in [-0.3, -0.25) is 9.59 Å². The molecule has 25 heavy (non-hydrogen) atoms. The molecule has 0 aliphatic carbocycles. The lowest BCUT2D eigenvalue weighted by molar-refractivity contribution is -0.132. The number of rotatable bonds is 5. The van der Waals surface area contributed by atoms with E-state index < -0.39 is 5.92 Å². The van der Waals surface area contributed by atoms with Crippen LogP contribution in [0.25, 0.3) is 0 Å². The standard InChI is InChI=1S/C17H23N3O4.ClH/c1-11(18-2)10-19-16(21)13-5-6-20(17(13)22)12-3-4-14-15(9-12)24-8-7-23-14;/h3-4,9,11,13,18H,5-8,10H2,1-2H3,(H,19,21);1H. The first-order valence-corrected chi connectivity index (χ1v) is 8.26. The summed E-state index contributed by atoms with van der Waals surface area (Å²) in [4.78, 5) is 26.5. The Morgan fingerprint density at radius 2 is 2.04 bits per heavy atom. The van der Waals surface area contributed by atoms with Gasteiger partial charge in [0.15, 0.2) is 11.5 Å². The minimum Gasteiger partial charge on any atom is -0.486 e. The molecule has 1 aromatic rings. The maximum absolute atomic E-state index is 12.6. The van der Waals surface area contributed by atoms with E-state index >= 15 is 0 Å². The van der Waals surface area contributed by atoms with E-state index in [9.17, 15) is 9.59 Å². The van der Waals surface area contributed by atoms with Crippen LogP contribution < -0.4 is 25.0 Å². The van der Waals surface area contributed by atoms with Gasteiger partial charge in [-0.25, -0.2) is 0 Å². The average molecular weight is 370 g/mol. The molecule has 2 amide bonds. The topological polar surface area (TPSA) is 79.9 Å². The SMILES string of the molecule is CNC(C)CNC(=O)C1CCN(c2ccc3c(c2)OCCO3)C1=O.Cl. The molecule has 0 bridgehead atoms. The minimum atomic E-state index is -0.623. The van der Waals surface area contributed by atoms with Crippen molar-refractivity contribution in [3.8, 4) is 11.5 Å². The molecule has 2 N–H and O–H groups in total. The number of nitrogens with one attached hydrogen (secondary N) is 2. The number of benzene rings is 1. The molecule has 7 nitrogen and oxygen atoms in total. The maximum Gasteiger partial charge on any atom is 0.239 e. The molecule has 1 aromatic carbocycles. The molecule has 2 heterocycles. The fourth-order valence-electron chi connectivity index (χ4n) is 2.86. The van der Waals surface area contributed by atoms with E-state index in [4.69, 9.17) is 9.47 Å². The third-order valence-electron chi connectivity index (χ3n) is 4.43. The third kappa shape index (κ3) is 4.16. The van der Waals surface area contributed by atoms with Gasteiger partial charge in [-0.2, -0.15) is 0 Å². The van der Waals surface area contributed by atoms with Crippen LogP contribution in [-0.4, -0.2) is 51.2 Å². The van der Waals surface area contributed by atoms with Crippen LogP contribution in [0.1, 0.15) is 13.3 Å². The van der Waals surface area contributed by atoms with Gasteiger partial charge in [-0.15, -0.1) is 12.4 Å². The monoisotopic (exact) mass is 369 g/mol. The number of nitrogens with zero attached hydrogens (tertiary/aromatic N) is 1. The molecule has 138 valence electrons. The number of hydrogen-bond acceptors (Lipinski definition) is 5. The van der Waals surface area contributed by atoms with Crippen molar-refractivity contribution in [1.82, 2.24) is 10.6 Å². The van der Waals surface area contributed by atoms with Crippen molar-refractivity contribution < 1.29 is 19.1 Å². The van der Waals surface area contributed by atoms with Crippen LogP contribution in [0.5, 0.6) is 11.5 Å². The quantitative estimate of drug-likeness (QED) is 0.756. The summed E-state index contributed by atoms with van der Waals surface area (Å²) in [6.45, 7) is 4.03. The molecule has 0 spiro atoms. The van der Waals surface area contributed by atoms with Crippen molar-refractivity contribution >= 4 is 29.9 Å². The Balaban J connectivity index is 0.00000225. The van der Waals surface area contributed by atoms with Gasteiger partial charge >= 0.3 is 0 Å². The average Bonchev–Trinajstić information content (AvgIpc) is 3.00. The molecule has 3 rings (SSSR count). The fourth-order valence-corrected chi connectivity index (χ4v) is 2.86. The number of fused-ring (bicyclic) bond motifs is 1. The lowest BCUT2D eigenvalue weighted by atomic mass is 10.1. The molecule has 1 saturated heterocycles. The number of hydrogen-bond donors (Lipinski definition) is 2. The summed E-state index contributed by atoms with van der Waals surface area (Å²) in [5.74, 6) is 0.333. The van der Waals surface area contributed by atoms with Crippen molar-refractivity contribution in [2.45, 2.75) is 19.4 Å². The molecule has 2 unspecified atom stereocenters. The van der Waals surface area contributed by atoms with E-state index in [0.29, 0.717) is 44.2 Å².